The smallest absolute Gasteiger partial charge is 0.271 e. The minimum Gasteiger partial charge on any atom is -0.504 e. The van der Waals surface area contributed by atoms with Crippen molar-refractivity contribution < 1.29 is 22.7 Å². The monoisotopic (exact) mass is 612 g/mol. The van der Waals surface area contributed by atoms with Crippen LogP contribution in [0, 0.1) is 17.1 Å². The Bertz CT molecular complexity index is 2130. The molecule has 11 nitrogen and oxygen atoms in total. The highest BCUT2D eigenvalue weighted by Crippen LogP contribution is 2.43. The number of pyridine rings is 1. The largest absolute Gasteiger partial charge is 0.504 e. The summed E-state index contributed by atoms with van der Waals surface area (Å²) in [5.74, 6) is -2.64. The molecule has 0 fully saturated rings. The Morgan fingerprint density at radius 3 is 2.45 bits per heavy atom. The number of aromatic hydroxyl groups is 1. The molecule has 0 aliphatic heterocycles. The van der Waals surface area contributed by atoms with Gasteiger partial charge in [-0.15, -0.1) is 0 Å². The first-order valence-corrected chi connectivity index (χ1v) is 14.7. The Morgan fingerprint density at radius 1 is 1.14 bits per heavy atom. The Morgan fingerprint density at radius 2 is 1.84 bits per heavy atom. The number of aromatic nitrogens is 3. The number of hydrogen-bond acceptors (Lipinski definition) is 8. The van der Waals surface area contributed by atoms with Gasteiger partial charge in [-0.2, -0.15) is 10.4 Å². The molecule has 0 aliphatic carbocycles. The van der Waals surface area contributed by atoms with E-state index in [9.17, 15) is 32.8 Å². The number of benzene rings is 3. The lowest BCUT2D eigenvalue weighted by Crippen LogP contribution is -2.24. The summed E-state index contributed by atoms with van der Waals surface area (Å²) in [7, 11) is -2.99. The van der Waals surface area contributed by atoms with E-state index >= 15 is 0 Å². The van der Waals surface area contributed by atoms with Crippen LogP contribution in [0.25, 0.3) is 22.5 Å². The van der Waals surface area contributed by atoms with E-state index in [4.69, 9.17) is 5.73 Å². The molecule has 3 aromatic carbocycles. The third-order valence-corrected chi connectivity index (χ3v) is 8.78. The average molecular weight is 613 g/mol. The second-order valence-corrected chi connectivity index (χ2v) is 11.6. The van der Waals surface area contributed by atoms with Gasteiger partial charge < -0.3 is 20.7 Å². The number of rotatable bonds is 8. The predicted molar refractivity (Wildman–Crippen MR) is 161 cm³/mol. The minimum atomic E-state index is -4.65. The Hall–Kier alpha value is -5.74. The molecule has 0 spiro atoms. The van der Waals surface area contributed by atoms with Gasteiger partial charge >= 0.3 is 0 Å². The maximum Gasteiger partial charge on any atom is 0.271 e. The summed E-state index contributed by atoms with van der Waals surface area (Å²) in [5.41, 5.74) is 5.45. The molecule has 44 heavy (non-hydrogen) atoms. The molecule has 222 valence electrons. The van der Waals surface area contributed by atoms with Gasteiger partial charge in [-0.25, -0.2) is 12.8 Å². The summed E-state index contributed by atoms with van der Waals surface area (Å²) in [4.78, 5) is 28.2. The topological polar surface area (TPSA) is 175 Å². The number of aromatic amines is 1. The van der Waals surface area contributed by atoms with Crippen LogP contribution in [-0.4, -0.2) is 40.7 Å². The number of anilines is 2. The van der Waals surface area contributed by atoms with Crippen molar-refractivity contribution in [1.82, 2.24) is 14.8 Å². The highest BCUT2D eigenvalue weighted by molar-refractivity contribution is 7.91. The van der Waals surface area contributed by atoms with Crippen LogP contribution in [0.2, 0.25) is 0 Å². The van der Waals surface area contributed by atoms with Crippen LogP contribution in [0.3, 0.4) is 0 Å². The second kappa shape index (κ2) is 11.5. The Balaban J connectivity index is 1.70. The lowest BCUT2D eigenvalue weighted by Gasteiger charge is -2.27. The van der Waals surface area contributed by atoms with Gasteiger partial charge in [0.15, 0.2) is 10.6 Å². The summed E-state index contributed by atoms with van der Waals surface area (Å²) in [6.07, 6.45) is 1.62. The molecule has 4 N–H and O–H groups in total. The first-order chi connectivity index (χ1) is 21.0. The predicted octanol–water partition coefficient (Wildman–Crippen LogP) is 4.25. The normalized spacial score (nSPS) is 11.2. The lowest BCUT2D eigenvalue weighted by molar-refractivity contribution is 0.0997. The third kappa shape index (κ3) is 5.18. The first-order valence-electron chi connectivity index (χ1n) is 13.2. The van der Waals surface area contributed by atoms with Gasteiger partial charge in [-0.1, -0.05) is 30.3 Å². The van der Waals surface area contributed by atoms with E-state index in [0.29, 0.717) is 16.8 Å². The van der Waals surface area contributed by atoms with Crippen LogP contribution < -0.4 is 16.2 Å². The molecule has 0 saturated heterocycles. The Kier molecular flexibility index (Phi) is 7.78. The lowest BCUT2D eigenvalue weighted by atomic mass is 9.99. The van der Waals surface area contributed by atoms with E-state index in [2.05, 4.69) is 16.2 Å². The highest BCUT2D eigenvalue weighted by Gasteiger charge is 2.32. The number of aryl methyl sites for hydroxylation is 1. The number of nitriles is 1. The van der Waals surface area contributed by atoms with Crippen LogP contribution in [0.5, 0.6) is 5.75 Å². The number of primary amides is 1. The number of nitrogens with one attached hydrogen (secondary N) is 1. The average Bonchev–Trinajstić information content (AvgIpc) is 3.44. The van der Waals surface area contributed by atoms with Gasteiger partial charge in [0, 0.05) is 25.5 Å². The van der Waals surface area contributed by atoms with E-state index < -0.39 is 37.8 Å². The van der Waals surface area contributed by atoms with Crippen molar-refractivity contribution >= 4 is 27.1 Å². The molecule has 5 aromatic rings. The second-order valence-electron chi connectivity index (χ2n) is 9.69. The zero-order chi connectivity index (χ0) is 31.8. The maximum atomic E-state index is 14.3. The first kappa shape index (κ1) is 29.7. The maximum absolute atomic E-state index is 14.3. The zero-order valence-electron chi connectivity index (χ0n) is 23.4. The number of amides is 1. The molecule has 0 atom stereocenters. The molecule has 0 unspecified atom stereocenters. The number of H-pyrrole nitrogens is 1. The molecule has 5 rings (SSSR count). The Labute approximate surface area is 251 Å². The summed E-state index contributed by atoms with van der Waals surface area (Å²) >= 11 is 0. The molecule has 0 aliphatic rings. The molecular formula is C31H25FN6O5S. The fourth-order valence-corrected chi connectivity index (χ4v) is 6.34. The standard InChI is InChI=1S/C31H25FN6O5S/c1-3-38(20-7-4-6-18(16-20)17-33)27-26(24-14-15-37(2)36-24)35-31(41)29(28(27)39)44(42,43)21-12-10-19(11-13-21)22-8-5-9-23(32)25(22)30(34)40/h4-16H,3H2,1-2H3,(H2,34,40)(H2,35,39,41). The van der Waals surface area contributed by atoms with Crippen molar-refractivity contribution in [1.29, 1.82) is 5.26 Å². The van der Waals surface area contributed by atoms with E-state index in [1.807, 2.05) is 0 Å². The number of carbonyl (C=O) groups excluding carboxylic acids is 1. The van der Waals surface area contributed by atoms with E-state index in [1.54, 1.807) is 55.4 Å². The molecule has 1 amide bonds. The number of hydrogen-bond donors (Lipinski definition) is 3. The van der Waals surface area contributed by atoms with E-state index in [0.717, 1.165) is 6.07 Å². The SMILES string of the molecule is CCN(c1cccc(C#N)c1)c1c(-c2ccn(C)n2)[nH]c(=O)c(S(=O)(=O)c2ccc(-c3cccc(F)c3C(N)=O)cc2)c1O. The van der Waals surface area contributed by atoms with Gasteiger partial charge in [0.25, 0.3) is 11.5 Å². The van der Waals surface area contributed by atoms with Gasteiger partial charge in [0.05, 0.1) is 27.8 Å². The van der Waals surface area contributed by atoms with Crippen LogP contribution >= 0.6 is 0 Å². The van der Waals surface area contributed by atoms with Crippen molar-refractivity contribution in [3.63, 3.8) is 0 Å². The van der Waals surface area contributed by atoms with Crippen LogP contribution in [0.4, 0.5) is 15.8 Å². The van der Waals surface area contributed by atoms with Crippen molar-refractivity contribution in [2.75, 3.05) is 11.4 Å². The van der Waals surface area contributed by atoms with Crippen molar-refractivity contribution in [3.05, 3.63) is 106 Å². The summed E-state index contributed by atoms with van der Waals surface area (Å²) in [6, 6.07) is 19.1. The van der Waals surface area contributed by atoms with Gasteiger partial charge in [-0.3, -0.25) is 14.3 Å². The van der Waals surface area contributed by atoms with Gasteiger partial charge in [-0.05, 0) is 60.5 Å². The molecule has 0 saturated carbocycles. The van der Waals surface area contributed by atoms with Gasteiger partial charge in [0.2, 0.25) is 9.84 Å². The summed E-state index contributed by atoms with van der Waals surface area (Å²) in [5, 5.41) is 25.4. The third-order valence-electron chi connectivity index (χ3n) is 6.97. The van der Waals surface area contributed by atoms with Crippen LogP contribution in [-0.2, 0) is 16.9 Å². The van der Waals surface area contributed by atoms with Crippen molar-refractivity contribution in [3.8, 4) is 34.3 Å². The van der Waals surface area contributed by atoms with E-state index in [-0.39, 0.29) is 39.6 Å². The summed E-state index contributed by atoms with van der Waals surface area (Å²) in [6.45, 7) is 1.96. The number of nitrogens with zero attached hydrogens (tertiary/aromatic N) is 4. The van der Waals surface area contributed by atoms with Crippen LogP contribution in [0.15, 0.2) is 93.6 Å². The highest BCUT2D eigenvalue weighted by atomic mass is 32.2. The number of halogens is 1. The van der Waals surface area contributed by atoms with Gasteiger partial charge in [0.1, 0.15) is 17.2 Å². The minimum absolute atomic E-state index is 0.0399. The number of carbonyl (C=O) groups is 1. The fourth-order valence-electron chi connectivity index (χ4n) is 4.97. The molecule has 2 aromatic heterocycles. The van der Waals surface area contributed by atoms with Crippen molar-refractivity contribution in [2.45, 2.75) is 16.7 Å². The summed E-state index contributed by atoms with van der Waals surface area (Å²) < 4.78 is 43.6. The number of nitrogens with two attached hydrogens (primary N) is 1. The van der Waals surface area contributed by atoms with Crippen molar-refractivity contribution in [2.24, 2.45) is 12.8 Å². The quantitative estimate of drug-likeness (QED) is 0.233. The molecule has 2 heterocycles. The molecule has 0 bridgehead atoms. The molecule has 0 radical (unpaired) electrons. The number of sulfone groups is 1. The fraction of sp³-hybridized carbons (Fsp3) is 0.0968. The van der Waals surface area contributed by atoms with E-state index in [1.165, 1.54) is 41.1 Å². The molecule has 13 heteroatoms. The zero-order valence-corrected chi connectivity index (χ0v) is 24.3. The van der Waals surface area contributed by atoms with Crippen LogP contribution in [0.1, 0.15) is 22.8 Å². The molecular weight excluding hydrogens is 587 g/mol.